The Morgan fingerprint density at radius 2 is 2.24 bits per heavy atom. The molecule has 21 heavy (non-hydrogen) atoms. The van der Waals surface area contributed by atoms with Crippen LogP contribution in [0.25, 0.3) is 11.3 Å². The molecule has 0 bridgehead atoms. The van der Waals surface area contributed by atoms with Crippen molar-refractivity contribution in [3.8, 4) is 11.3 Å². The van der Waals surface area contributed by atoms with Crippen molar-refractivity contribution in [1.29, 1.82) is 0 Å². The first-order valence-electron chi connectivity index (χ1n) is 5.51. The van der Waals surface area contributed by atoms with Crippen molar-refractivity contribution in [2.45, 2.75) is 0 Å². The predicted molar refractivity (Wildman–Crippen MR) is 73.1 cm³/mol. The molecule has 1 heterocycles. The number of hydrazine groups is 1. The normalized spacial score (nSPS) is 12.2. The molecule has 7 nitrogen and oxygen atoms in total. The summed E-state index contributed by atoms with van der Waals surface area (Å²) in [5.74, 6) is -1.93. The van der Waals surface area contributed by atoms with Crippen molar-refractivity contribution < 1.29 is 17.9 Å². The van der Waals surface area contributed by atoms with Gasteiger partial charge in [0.15, 0.2) is 5.82 Å². The topological polar surface area (TPSA) is 99.1 Å². The Morgan fingerprint density at radius 1 is 1.52 bits per heavy atom. The highest BCUT2D eigenvalue weighted by molar-refractivity contribution is 7.77. The fourth-order valence-electron chi connectivity index (χ4n) is 1.62. The number of aromatic nitrogens is 2. The molecule has 0 aliphatic heterocycles. The predicted octanol–water partition coefficient (Wildman–Crippen LogP) is 0.908. The molecule has 0 radical (unpaired) electrons. The van der Waals surface area contributed by atoms with Crippen molar-refractivity contribution in [2.24, 2.45) is 7.05 Å². The van der Waals surface area contributed by atoms with Gasteiger partial charge in [-0.2, -0.15) is 4.83 Å². The lowest BCUT2D eigenvalue weighted by molar-refractivity contribution is 0.0940. The smallest absolute Gasteiger partial charge is 0.269 e. The second-order valence-electron chi connectivity index (χ2n) is 4.03. The number of benzene rings is 1. The maximum atomic E-state index is 13.9. The molecule has 1 aromatic heterocycles. The van der Waals surface area contributed by atoms with Crippen LogP contribution in [0.3, 0.4) is 0 Å². The van der Waals surface area contributed by atoms with E-state index in [1.54, 1.807) is 22.6 Å². The van der Waals surface area contributed by atoms with Gasteiger partial charge in [0.1, 0.15) is 0 Å². The summed E-state index contributed by atoms with van der Waals surface area (Å²) < 4.78 is 36.2. The number of nitrogens with one attached hydrogen (secondary N) is 2. The Balaban J connectivity index is 2.39. The molecule has 0 saturated carbocycles. The van der Waals surface area contributed by atoms with Gasteiger partial charge in [-0.25, -0.2) is 9.37 Å². The Kier molecular flexibility index (Phi) is 4.68. The lowest BCUT2D eigenvalue weighted by Crippen LogP contribution is -2.38. The van der Waals surface area contributed by atoms with Crippen molar-refractivity contribution in [2.75, 3.05) is 0 Å². The molecule has 1 amide bonds. The second-order valence-corrected chi connectivity index (χ2v) is 5.12. The maximum Gasteiger partial charge on any atom is 0.269 e. The molecule has 2 N–H and O–H groups in total. The molecule has 112 valence electrons. The average molecular weight is 332 g/mol. The minimum atomic E-state index is -2.71. The molecule has 1 unspecified atom stereocenters. The van der Waals surface area contributed by atoms with E-state index < -0.39 is 28.6 Å². The summed E-state index contributed by atoms with van der Waals surface area (Å²) >= 11 is 3.04. The van der Waals surface area contributed by atoms with Gasteiger partial charge in [-0.05, 0) is 12.1 Å². The van der Waals surface area contributed by atoms with Gasteiger partial charge >= 0.3 is 0 Å². The molecule has 0 saturated heterocycles. The molecule has 2 aromatic rings. The van der Waals surface area contributed by atoms with E-state index in [-0.39, 0.29) is 5.02 Å². The van der Waals surface area contributed by atoms with Gasteiger partial charge in [0.05, 0.1) is 22.6 Å². The monoisotopic (exact) mass is 331 g/mol. The van der Waals surface area contributed by atoms with E-state index in [1.807, 2.05) is 5.43 Å². The highest BCUT2D eigenvalue weighted by Gasteiger charge is 2.17. The van der Waals surface area contributed by atoms with Crippen LogP contribution < -0.4 is 10.3 Å². The molecule has 0 aliphatic rings. The van der Waals surface area contributed by atoms with E-state index in [1.165, 1.54) is 18.5 Å². The van der Waals surface area contributed by atoms with E-state index in [0.717, 1.165) is 0 Å². The molecular formula is C11H9ClFN4O3S-. The van der Waals surface area contributed by atoms with Crippen LogP contribution in [0.1, 0.15) is 10.4 Å². The number of carbonyl (C=O) groups excluding carboxylic acids is 1. The van der Waals surface area contributed by atoms with Gasteiger partial charge in [-0.15, -0.1) is 0 Å². The third-order valence-corrected chi connectivity index (χ3v) is 3.07. The molecule has 0 fully saturated rings. The number of halogens is 2. The van der Waals surface area contributed by atoms with Crippen LogP contribution in [0.2, 0.25) is 5.02 Å². The van der Waals surface area contributed by atoms with E-state index in [4.69, 9.17) is 11.6 Å². The first-order valence-corrected chi connectivity index (χ1v) is 6.96. The summed E-state index contributed by atoms with van der Waals surface area (Å²) in [6.45, 7) is 0. The quantitative estimate of drug-likeness (QED) is 0.642. The van der Waals surface area contributed by atoms with E-state index in [2.05, 4.69) is 4.98 Å². The Morgan fingerprint density at radius 3 is 2.81 bits per heavy atom. The number of rotatable bonds is 4. The zero-order valence-corrected chi connectivity index (χ0v) is 12.2. The highest BCUT2D eigenvalue weighted by atomic mass is 35.5. The zero-order chi connectivity index (χ0) is 15.6. The Hall–Kier alpha value is -1.81. The minimum Gasteiger partial charge on any atom is -0.759 e. The molecule has 1 atom stereocenters. The number of carbonyl (C=O) groups is 1. The number of nitrogens with zero attached hydrogens (tertiary/aromatic N) is 2. The summed E-state index contributed by atoms with van der Waals surface area (Å²) in [5.41, 5.74) is 2.34. The van der Waals surface area contributed by atoms with E-state index >= 15 is 0 Å². The van der Waals surface area contributed by atoms with Crippen LogP contribution in [0.15, 0.2) is 24.7 Å². The molecule has 10 heteroatoms. The fourth-order valence-corrected chi connectivity index (χ4v) is 2.01. The molecule has 0 aliphatic carbocycles. The van der Waals surface area contributed by atoms with Crippen molar-refractivity contribution in [3.05, 3.63) is 41.1 Å². The third kappa shape index (κ3) is 3.64. The number of amides is 1. The number of aryl methyl sites for hydroxylation is 1. The van der Waals surface area contributed by atoms with Gasteiger partial charge in [-0.1, -0.05) is 11.6 Å². The lowest BCUT2D eigenvalue weighted by atomic mass is 10.1. The van der Waals surface area contributed by atoms with Crippen LogP contribution in [0.5, 0.6) is 0 Å². The van der Waals surface area contributed by atoms with Gasteiger partial charge in [-0.3, -0.25) is 14.4 Å². The average Bonchev–Trinajstić information content (AvgIpc) is 2.85. The molecule has 2 rings (SSSR count). The first kappa shape index (κ1) is 15.6. The van der Waals surface area contributed by atoms with Crippen LogP contribution in [0, 0.1) is 5.82 Å². The van der Waals surface area contributed by atoms with Crippen LogP contribution in [-0.4, -0.2) is 24.2 Å². The maximum absolute atomic E-state index is 13.9. The minimum absolute atomic E-state index is 0.272. The summed E-state index contributed by atoms with van der Waals surface area (Å²) in [6.07, 6.45) is 3.20. The number of hydrogen-bond acceptors (Lipinski definition) is 4. The van der Waals surface area contributed by atoms with Gasteiger partial charge in [0.25, 0.3) is 5.91 Å². The van der Waals surface area contributed by atoms with Crippen LogP contribution in [0.4, 0.5) is 4.39 Å². The Labute approximate surface area is 126 Å². The molecular weight excluding hydrogens is 323 g/mol. The fraction of sp³-hybridized carbons (Fsp3) is 0.0909. The Bertz CT molecular complexity index is 721. The van der Waals surface area contributed by atoms with Crippen molar-refractivity contribution in [3.63, 3.8) is 0 Å². The molecule has 0 spiro atoms. The lowest BCUT2D eigenvalue weighted by Gasteiger charge is -2.11. The van der Waals surface area contributed by atoms with E-state index in [9.17, 15) is 17.9 Å². The van der Waals surface area contributed by atoms with Crippen molar-refractivity contribution in [1.82, 2.24) is 19.8 Å². The summed E-state index contributed by atoms with van der Waals surface area (Å²) in [4.78, 5) is 17.4. The van der Waals surface area contributed by atoms with Gasteiger partial charge in [0, 0.05) is 30.1 Å². The van der Waals surface area contributed by atoms with Crippen molar-refractivity contribution >= 4 is 28.8 Å². The number of hydrogen-bond donors (Lipinski definition) is 2. The summed E-state index contributed by atoms with van der Waals surface area (Å²) in [5, 5.41) is -0.272. The SMILES string of the molecule is Cn1cnc(-c2cc(Cl)c(F)c(C(=O)NNS(=O)[O-])c2)c1. The van der Waals surface area contributed by atoms with E-state index in [0.29, 0.717) is 11.3 Å². The summed E-state index contributed by atoms with van der Waals surface area (Å²) in [6, 6.07) is 2.56. The van der Waals surface area contributed by atoms with Crippen LogP contribution >= 0.6 is 11.6 Å². The third-order valence-electron chi connectivity index (χ3n) is 2.52. The number of imidazole rings is 1. The standard InChI is InChI=1S/C11H10ClFN4O3S/c1-17-4-9(14-5-17)6-2-7(10(13)8(12)3-6)11(18)15-16-21(19)20/h2-5,16H,1H3,(H,15,18)(H,19,20)/p-1. The van der Waals surface area contributed by atoms with Gasteiger partial charge in [0.2, 0.25) is 0 Å². The molecule has 1 aromatic carbocycles. The second kappa shape index (κ2) is 6.31. The zero-order valence-electron chi connectivity index (χ0n) is 10.6. The van der Waals surface area contributed by atoms with Crippen LogP contribution in [-0.2, 0) is 18.3 Å². The summed E-state index contributed by atoms with van der Waals surface area (Å²) in [7, 11) is 1.75. The highest BCUT2D eigenvalue weighted by Crippen LogP contribution is 2.26. The largest absolute Gasteiger partial charge is 0.759 e. The van der Waals surface area contributed by atoms with Gasteiger partial charge < -0.3 is 9.12 Å². The first-order chi connectivity index (χ1) is 9.88.